The van der Waals surface area contributed by atoms with E-state index in [0.717, 1.165) is 24.2 Å². The van der Waals surface area contributed by atoms with E-state index in [-0.39, 0.29) is 30.8 Å². The van der Waals surface area contributed by atoms with E-state index in [9.17, 15) is 14.4 Å². The Bertz CT molecular complexity index is 730. The van der Waals surface area contributed by atoms with Crippen LogP contribution in [0.3, 0.4) is 0 Å². The predicted octanol–water partition coefficient (Wildman–Crippen LogP) is 2.05. The number of hydrogen-bond donors (Lipinski definition) is 3. The molecule has 1 aromatic carbocycles. The minimum Gasteiger partial charge on any atom is -0.385 e. The smallest absolute Gasteiger partial charge is 0.251 e. The minimum absolute atomic E-state index is 0.0119. The van der Waals surface area contributed by atoms with Crippen LogP contribution in [0.4, 0.5) is 5.69 Å². The molecule has 1 aromatic rings. The molecule has 0 spiro atoms. The van der Waals surface area contributed by atoms with Gasteiger partial charge in [-0.2, -0.15) is 0 Å². The van der Waals surface area contributed by atoms with E-state index in [1.165, 1.54) is 0 Å². The van der Waals surface area contributed by atoms with E-state index in [4.69, 9.17) is 4.74 Å². The number of nitrogens with one attached hydrogen (secondary N) is 3. The van der Waals surface area contributed by atoms with E-state index in [1.807, 2.05) is 12.1 Å². The molecular formula is C21H29N3O4. The zero-order valence-corrected chi connectivity index (χ0v) is 16.7. The van der Waals surface area contributed by atoms with E-state index in [2.05, 4.69) is 29.5 Å². The van der Waals surface area contributed by atoms with Crippen LogP contribution in [-0.2, 0) is 14.3 Å². The molecule has 1 unspecified atom stereocenters. The average molecular weight is 387 g/mol. The minimum atomic E-state index is -0.816. The highest BCUT2D eigenvalue weighted by Gasteiger charge is 2.35. The van der Waals surface area contributed by atoms with Crippen LogP contribution in [0.25, 0.3) is 0 Å². The molecule has 1 fully saturated rings. The summed E-state index contributed by atoms with van der Waals surface area (Å²) in [6, 6.07) is 5.56. The molecule has 1 aliphatic heterocycles. The number of anilines is 1. The highest BCUT2D eigenvalue weighted by atomic mass is 16.5. The number of benzene rings is 1. The number of amides is 2. The van der Waals surface area contributed by atoms with Crippen molar-refractivity contribution in [3.05, 3.63) is 42.0 Å². The number of Topliss-reactive ketones (excluding diaryl/α,β-unsaturated/α-hetero) is 1. The predicted molar refractivity (Wildman–Crippen MR) is 108 cm³/mol. The van der Waals surface area contributed by atoms with Crippen LogP contribution in [0.5, 0.6) is 0 Å². The number of carbonyl (C=O) groups is 3. The third-order valence-corrected chi connectivity index (χ3v) is 4.50. The fourth-order valence-electron chi connectivity index (χ4n) is 2.92. The van der Waals surface area contributed by atoms with Gasteiger partial charge in [-0.25, -0.2) is 0 Å². The van der Waals surface area contributed by atoms with Gasteiger partial charge in [0.05, 0.1) is 6.10 Å². The number of carbonyl (C=O) groups excluding carboxylic acids is 3. The lowest BCUT2D eigenvalue weighted by atomic mass is 10.0. The Hall–Kier alpha value is -2.67. The number of ether oxygens (including phenoxy) is 1. The van der Waals surface area contributed by atoms with Crippen LogP contribution < -0.4 is 16.0 Å². The van der Waals surface area contributed by atoms with Crippen molar-refractivity contribution in [1.29, 1.82) is 0 Å². The Morgan fingerprint density at radius 1 is 1.29 bits per heavy atom. The first-order chi connectivity index (χ1) is 13.3. The first-order valence-electron chi connectivity index (χ1n) is 9.55. The van der Waals surface area contributed by atoms with Crippen LogP contribution in [0.1, 0.15) is 44.0 Å². The second-order valence-electron chi connectivity index (χ2n) is 7.16. The zero-order chi connectivity index (χ0) is 20.7. The second-order valence-corrected chi connectivity index (χ2v) is 7.16. The molecule has 1 heterocycles. The van der Waals surface area contributed by atoms with Crippen LogP contribution in [0, 0.1) is 0 Å². The highest BCUT2D eigenvalue weighted by molar-refractivity contribution is 5.99. The molecule has 0 aromatic heterocycles. The first-order valence-corrected chi connectivity index (χ1v) is 9.55. The lowest BCUT2D eigenvalue weighted by molar-refractivity contribution is -0.127. The summed E-state index contributed by atoms with van der Waals surface area (Å²) in [5.41, 5.74) is 2.14. The summed E-state index contributed by atoms with van der Waals surface area (Å²) >= 11 is 0. The topological polar surface area (TPSA) is 96.5 Å². The molecule has 1 aliphatic rings. The van der Waals surface area contributed by atoms with Crippen LogP contribution >= 0.6 is 0 Å². The quantitative estimate of drug-likeness (QED) is 0.564. The van der Waals surface area contributed by atoms with E-state index in [0.29, 0.717) is 5.56 Å². The molecular weight excluding hydrogens is 358 g/mol. The van der Waals surface area contributed by atoms with Crippen LogP contribution in [0.2, 0.25) is 0 Å². The van der Waals surface area contributed by atoms with Crippen molar-refractivity contribution < 1.29 is 19.1 Å². The molecule has 3 atom stereocenters. The summed E-state index contributed by atoms with van der Waals surface area (Å²) in [7, 11) is 0. The molecule has 152 valence electrons. The van der Waals surface area contributed by atoms with Crippen molar-refractivity contribution in [3.8, 4) is 0 Å². The summed E-state index contributed by atoms with van der Waals surface area (Å²) in [6.45, 7) is 10.3. The van der Waals surface area contributed by atoms with Gasteiger partial charge in [0.2, 0.25) is 5.91 Å². The molecule has 1 saturated heterocycles. The second kappa shape index (κ2) is 10.0. The Balaban J connectivity index is 2.04. The largest absolute Gasteiger partial charge is 0.385 e. The molecule has 0 bridgehead atoms. The Labute approximate surface area is 165 Å². The molecule has 7 nitrogen and oxygen atoms in total. The molecule has 0 radical (unpaired) electrons. The zero-order valence-electron chi connectivity index (χ0n) is 16.7. The van der Waals surface area contributed by atoms with Gasteiger partial charge in [-0.15, -0.1) is 6.58 Å². The van der Waals surface area contributed by atoms with Crippen LogP contribution in [0.15, 0.2) is 36.4 Å². The summed E-state index contributed by atoms with van der Waals surface area (Å²) < 4.78 is 5.25. The first kappa shape index (κ1) is 21.6. The van der Waals surface area contributed by atoms with E-state index < -0.39 is 18.0 Å². The average Bonchev–Trinajstić information content (AvgIpc) is 2.97. The number of rotatable bonds is 9. The maximum absolute atomic E-state index is 12.7. The highest BCUT2D eigenvalue weighted by Crippen LogP contribution is 2.13. The molecule has 0 aliphatic carbocycles. The van der Waals surface area contributed by atoms with E-state index >= 15 is 0 Å². The summed E-state index contributed by atoms with van der Waals surface area (Å²) in [4.78, 5) is 37.1. The Morgan fingerprint density at radius 2 is 1.96 bits per heavy atom. The van der Waals surface area contributed by atoms with Gasteiger partial charge in [0.15, 0.2) is 5.78 Å². The Kier molecular flexibility index (Phi) is 7.75. The lowest BCUT2D eigenvalue weighted by Gasteiger charge is -2.22. The van der Waals surface area contributed by atoms with Crippen LogP contribution in [-0.4, -0.2) is 48.9 Å². The normalized spacial score (nSPS) is 19.8. The van der Waals surface area contributed by atoms with Gasteiger partial charge in [0, 0.05) is 17.8 Å². The molecule has 3 N–H and O–H groups in total. The van der Waals surface area contributed by atoms with Gasteiger partial charge in [0.1, 0.15) is 18.7 Å². The van der Waals surface area contributed by atoms with Crippen molar-refractivity contribution in [2.75, 3.05) is 18.5 Å². The van der Waals surface area contributed by atoms with E-state index in [1.54, 1.807) is 26.0 Å². The standard InChI is InChI=1S/C21H29N3O4/c1-5-10-22-16-8-6-15(7-9-16)20(26)23-17(11-13(2)3)21(27)24-19-14(4)28-12-18(19)25/h6-9,14,17,19,22H,2,5,10-12H2,1,3-4H3,(H,23,26)(H,24,27)/t14-,17?,19+/m1/s1. The van der Waals surface area contributed by atoms with Crippen molar-refractivity contribution >= 4 is 23.3 Å². The Morgan fingerprint density at radius 3 is 2.50 bits per heavy atom. The summed E-state index contributed by atoms with van der Waals surface area (Å²) in [5, 5.41) is 8.68. The van der Waals surface area contributed by atoms with Crippen molar-refractivity contribution in [3.63, 3.8) is 0 Å². The maximum Gasteiger partial charge on any atom is 0.251 e. The number of hydrogen-bond acceptors (Lipinski definition) is 5. The SMILES string of the molecule is C=C(C)CC(NC(=O)c1ccc(NCCC)cc1)C(=O)N[C@@H]1C(=O)CO[C@@H]1C. The fourth-order valence-corrected chi connectivity index (χ4v) is 2.92. The molecule has 28 heavy (non-hydrogen) atoms. The maximum atomic E-state index is 12.7. The molecule has 0 saturated carbocycles. The molecule has 2 amide bonds. The molecule has 2 rings (SSSR count). The van der Waals surface area contributed by atoms with Crippen molar-refractivity contribution in [2.24, 2.45) is 0 Å². The van der Waals surface area contributed by atoms with Crippen molar-refractivity contribution in [1.82, 2.24) is 10.6 Å². The summed E-state index contributed by atoms with van der Waals surface area (Å²) in [5.74, 6) is -0.949. The third kappa shape index (κ3) is 5.92. The van der Waals surface area contributed by atoms with Crippen molar-refractivity contribution in [2.45, 2.75) is 51.8 Å². The number of ketones is 1. The summed E-state index contributed by atoms with van der Waals surface area (Å²) in [6.07, 6.45) is 0.900. The van der Waals surface area contributed by atoms with Gasteiger partial charge < -0.3 is 20.7 Å². The van der Waals surface area contributed by atoms with Gasteiger partial charge in [0.25, 0.3) is 5.91 Å². The monoisotopic (exact) mass is 387 g/mol. The lowest BCUT2D eigenvalue weighted by Crippen LogP contribution is -2.53. The fraction of sp³-hybridized carbons (Fsp3) is 0.476. The van der Waals surface area contributed by atoms with Gasteiger partial charge >= 0.3 is 0 Å². The van der Waals surface area contributed by atoms with Gasteiger partial charge in [-0.3, -0.25) is 14.4 Å². The molecule has 7 heteroatoms. The third-order valence-electron chi connectivity index (χ3n) is 4.50. The van der Waals surface area contributed by atoms with Gasteiger partial charge in [-0.1, -0.05) is 12.5 Å². The van der Waals surface area contributed by atoms with Gasteiger partial charge in [-0.05, 0) is 51.0 Å².